The van der Waals surface area contributed by atoms with Crippen molar-refractivity contribution in [2.24, 2.45) is 0 Å². The predicted molar refractivity (Wildman–Crippen MR) is 143 cm³/mol. The van der Waals surface area contributed by atoms with Crippen LogP contribution in [0.5, 0.6) is 0 Å². The molecule has 5 aromatic rings. The first-order chi connectivity index (χ1) is 16.5. The van der Waals surface area contributed by atoms with Crippen LogP contribution in [0.15, 0.2) is 84.9 Å². The van der Waals surface area contributed by atoms with E-state index in [2.05, 4.69) is 98.2 Å². The zero-order valence-electron chi connectivity index (χ0n) is 20.0. The lowest BCUT2D eigenvalue weighted by atomic mass is 10.0. The van der Waals surface area contributed by atoms with Crippen molar-refractivity contribution in [2.45, 2.75) is 39.7 Å². The van der Waals surface area contributed by atoms with Crippen LogP contribution in [0.2, 0.25) is 0 Å². The van der Waals surface area contributed by atoms with Crippen LogP contribution >= 0.6 is 0 Å². The van der Waals surface area contributed by atoms with E-state index < -0.39 is 0 Å². The highest BCUT2D eigenvalue weighted by Crippen LogP contribution is 2.52. The van der Waals surface area contributed by atoms with Gasteiger partial charge in [-0.3, -0.25) is 0 Å². The summed E-state index contributed by atoms with van der Waals surface area (Å²) in [5.74, 6) is 0.499. The van der Waals surface area contributed by atoms with E-state index in [9.17, 15) is 0 Å². The summed E-state index contributed by atoms with van der Waals surface area (Å²) in [4.78, 5) is 14.7. The average molecular weight is 445 g/mol. The maximum atomic E-state index is 4.97. The Balaban J connectivity index is 1.64. The first kappa shape index (κ1) is 20.7. The van der Waals surface area contributed by atoms with E-state index in [4.69, 9.17) is 9.97 Å². The van der Waals surface area contributed by atoms with Gasteiger partial charge in [0, 0.05) is 11.7 Å². The van der Waals surface area contributed by atoms with Gasteiger partial charge in [0.2, 0.25) is 0 Å². The van der Waals surface area contributed by atoms with E-state index in [0.717, 1.165) is 39.1 Å². The second-order valence-electron chi connectivity index (χ2n) is 9.58. The molecule has 2 heterocycles. The van der Waals surface area contributed by atoms with Crippen molar-refractivity contribution < 1.29 is 0 Å². The third kappa shape index (κ3) is 3.21. The molecule has 1 aliphatic heterocycles. The molecule has 0 spiro atoms. The van der Waals surface area contributed by atoms with Crippen molar-refractivity contribution in [3.63, 3.8) is 0 Å². The predicted octanol–water partition coefficient (Wildman–Crippen LogP) is 8.24. The molecule has 0 fully saturated rings. The van der Waals surface area contributed by atoms with Crippen molar-refractivity contribution in [3.8, 4) is 0 Å². The van der Waals surface area contributed by atoms with Crippen LogP contribution in [-0.2, 0) is 0 Å². The molecule has 0 atom stereocenters. The van der Waals surface area contributed by atoms with Crippen LogP contribution in [0.25, 0.3) is 22.1 Å². The van der Waals surface area contributed by atoms with Gasteiger partial charge >= 0.3 is 0 Å². The SMILES string of the molecule is CC(C)c1ccc(N2c3ccccc3N(C(C)C)c3cc4nc5ccccc5nc4cc32)cc1. The normalized spacial score (nSPS) is 13.1. The molecule has 0 radical (unpaired) electrons. The van der Waals surface area contributed by atoms with Gasteiger partial charge in [-0.2, -0.15) is 0 Å². The first-order valence-corrected chi connectivity index (χ1v) is 12.0. The minimum atomic E-state index is 0.288. The molecule has 0 N–H and O–H groups in total. The van der Waals surface area contributed by atoms with E-state index in [1.807, 2.05) is 24.3 Å². The lowest BCUT2D eigenvalue weighted by Gasteiger charge is -2.42. The number of para-hydroxylation sites is 4. The highest BCUT2D eigenvalue weighted by Gasteiger charge is 2.31. The molecular weight excluding hydrogens is 416 g/mol. The minimum Gasteiger partial charge on any atom is -0.335 e. The van der Waals surface area contributed by atoms with E-state index in [1.54, 1.807) is 0 Å². The second kappa shape index (κ2) is 7.84. The summed E-state index contributed by atoms with van der Waals surface area (Å²) in [5.41, 5.74) is 10.8. The molecule has 6 rings (SSSR count). The number of aromatic nitrogens is 2. The van der Waals surface area contributed by atoms with Gasteiger partial charge in [0.1, 0.15) is 0 Å². The summed E-state index contributed by atoms with van der Waals surface area (Å²) >= 11 is 0. The fourth-order valence-corrected chi connectivity index (χ4v) is 4.98. The second-order valence-corrected chi connectivity index (χ2v) is 9.58. The number of nitrogens with zero attached hydrogens (tertiary/aromatic N) is 4. The quantitative estimate of drug-likeness (QED) is 0.262. The van der Waals surface area contributed by atoms with Gasteiger partial charge in [-0.1, -0.05) is 50.2 Å². The Bertz CT molecular complexity index is 1520. The van der Waals surface area contributed by atoms with Gasteiger partial charge < -0.3 is 9.80 Å². The molecule has 4 heteroatoms. The number of fused-ring (bicyclic) bond motifs is 4. The zero-order valence-corrected chi connectivity index (χ0v) is 20.0. The third-order valence-corrected chi connectivity index (χ3v) is 6.65. The molecule has 0 saturated heterocycles. The van der Waals surface area contributed by atoms with E-state index in [1.165, 1.54) is 16.9 Å². The van der Waals surface area contributed by atoms with Gasteiger partial charge in [0.25, 0.3) is 0 Å². The Kier molecular flexibility index (Phi) is 4.77. The molecule has 34 heavy (non-hydrogen) atoms. The van der Waals surface area contributed by atoms with E-state index in [0.29, 0.717) is 5.92 Å². The van der Waals surface area contributed by atoms with Crippen molar-refractivity contribution in [1.82, 2.24) is 9.97 Å². The van der Waals surface area contributed by atoms with Crippen molar-refractivity contribution in [1.29, 1.82) is 0 Å². The Hall–Kier alpha value is -3.92. The summed E-state index contributed by atoms with van der Waals surface area (Å²) in [6, 6.07) is 30.4. The number of hydrogen-bond donors (Lipinski definition) is 0. The van der Waals surface area contributed by atoms with Gasteiger partial charge in [0.05, 0.1) is 44.8 Å². The Morgan fingerprint density at radius 3 is 1.71 bits per heavy atom. The van der Waals surface area contributed by atoms with Gasteiger partial charge in [0.15, 0.2) is 0 Å². The van der Waals surface area contributed by atoms with Crippen LogP contribution in [-0.4, -0.2) is 16.0 Å². The molecule has 1 aromatic heterocycles. The monoisotopic (exact) mass is 444 g/mol. The fraction of sp³-hybridized carbons (Fsp3) is 0.200. The van der Waals surface area contributed by atoms with Crippen LogP contribution in [0.3, 0.4) is 0 Å². The molecule has 0 unspecified atom stereocenters. The van der Waals surface area contributed by atoms with Gasteiger partial charge in [-0.15, -0.1) is 0 Å². The lowest BCUT2D eigenvalue weighted by molar-refractivity contribution is 0.783. The van der Waals surface area contributed by atoms with Gasteiger partial charge in [-0.25, -0.2) is 9.97 Å². The molecule has 0 saturated carbocycles. The maximum absolute atomic E-state index is 4.97. The maximum Gasteiger partial charge on any atom is 0.0917 e. The summed E-state index contributed by atoms with van der Waals surface area (Å²) in [6.45, 7) is 8.94. The van der Waals surface area contributed by atoms with Crippen LogP contribution in [0.1, 0.15) is 39.2 Å². The van der Waals surface area contributed by atoms with Gasteiger partial charge in [-0.05, 0) is 73.9 Å². The van der Waals surface area contributed by atoms with Crippen molar-refractivity contribution in [2.75, 3.05) is 9.80 Å². The molecular formula is C30H28N4. The van der Waals surface area contributed by atoms with Crippen LogP contribution in [0, 0.1) is 0 Å². The van der Waals surface area contributed by atoms with Crippen LogP contribution in [0.4, 0.5) is 28.4 Å². The topological polar surface area (TPSA) is 32.3 Å². The molecule has 4 aromatic carbocycles. The number of anilines is 5. The van der Waals surface area contributed by atoms with Crippen molar-refractivity contribution >= 4 is 50.5 Å². The largest absolute Gasteiger partial charge is 0.335 e. The van der Waals surface area contributed by atoms with Crippen molar-refractivity contribution in [3.05, 3.63) is 90.5 Å². The smallest absolute Gasteiger partial charge is 0.0917 e. The molecule has 4 nitrogen and oxygen atoms in total. The third-order valence-electron chi connectivity index (χ3n) is 6.65. The Morgan fingerprint density at radius 2 is 1.12 bits per heavy atom. The number of hydrogen-bond acceptors (Lipinski definition) is 4. The first-order valence-electron chi connectivity index (χ1n) is 12.0. The molecule has 0 amide bonds. The molecule has 0 bridgehead atoms. The Labute approximate surface area is 200 Å². The fourth-order valence-electron chi connectivity index (χ4n) is 4.98. The zero-order chi connectivity index (χ0) is 23.4. The summed E-state index contributed by atoms with van der Waals surface area (Å²) < 4.78 is 0. The summed E-state index contributed by atoms with van der Waals surface area (Å²) in [7, 11) is 0. The van der Waals surface area contributed by atoms with E-state index in [-0.39, 0.29) is 6.04 Å². The average Bonchev–Trinajstić information content (AvgIpc) is 2.84. The molecule has 0 aliphatic carbocycles. The number of rotatable bonds is 3. The molecule has 1 aliphatic rings. The molecule has 168 valence electrons. The van der Waals surface area contributed by atoms with Crippen LogP contribution < -0.4 is 9.80 Å². The van der Waals surface area contributed by atoms with E-state index >= 15 is 0 Å². The minimum absolute atomic E-state index is 0.288. The standard InChI is InChI=1S/C30H28N4/c1-19(2)21-13-15-22(16-14-21)34-28-12-8-7-11-27(28)33(20(3)4)29-17-25-26(18-30(29)34)32-24-10-6-5-9-23(24)31-25/h5-20H,1-4H3. The summed E-state index contributed by atoms with van der Waals surface area (Å²) in [5, 5.41) is 0. The lowest BCUT2D eigenvalue weighted by Crippen LogP contribution is -2.32. The highest BCUT2D eigenvalue weighted by atomic mass is 15.3. The number of benzene rings is 4. The Morgan fingerprint density at radius 1 is 0.559 bits per heavy atom. The highest BCUT2D eigenvalue weighted by molar-refractivity contribution is 6.03. The summed E-state index contributed by atoms with van der Waals surface area (Å²) in [6.07, 6.45) is 0.